The second-order valence-electron chi connectivity index (χ2n) is 7.36. The monoisotopic (exact) mass is 474 g/mol. The van der Waals surface area contributed by atoms with Crippen LogP contribution in [-0.4, -0.2) is 25.1 Å². The lowest BCUT2D eigenvalue weighted by Crippen LogP contribution is -2.49. The second-order valence-corrected chi connectivity index (χ2v) is 8.32. The number of alkyl halides is 1. The highest BCUT2D eigenvalue weighted by atomic mass is 79.9. The van der Waals surface area contributed by atoms with Crippen LogP contribution in [0.3, 0.4) is 0 Å². The van der Waals surface area contributed by atoms with Crippen LogP contribution in [0.4, 0.5) is 21.5 Å². The smallest absolute Gasteiger partial charge is 0.124 e. The predicted octanol–water partition coefficient (Wildman–Crippen LogP) is 6.71. The summed E-state index contributed by atoms with van der Waals surface area (Å²) in [5, 5.41) is 8.13. The molecule has 3 aromatic carbocycles. The van der Waals surface area contributed by atoms with E-state index >= 15 is 0 Å². The molecular weight excluding hydrogens is 455 g/mol. The first-order valence-corrected chi connectivity index (χ1v) is 10.9. The van der Waals surface area contributed by atoms with E-state index in [2.05, 4.69) is 50.8 Å². The number of halogens is 3. The average molecular weight is 476 g/mol. The molecule has 4 rings (SSSR count). The van der Waals surface area contributed by atoms with Crippen LogP contribution < -0.4 is 10.6 Å². The molecule has 1 fully saturated rings. The molecule has 1 saturated heterocycles. The summed E-state index contributed by atoms with van der Waals surface area (Å²) in [6.45, 7) is 2.35. The molecule has 3 aromatic rings. The van der Waals surface area contributed by atoms with Gasteiger partial charge in [0.25, 0.3) is 0 Å². The minimum atomic E-state index is -0.356. The summed E-state index contributed by atoms with van der Waals surface area (Å²) in [7, 11) is 0. The van der Waals surface area contributed by atoms with E-state index in [1.807, 2.05) is 24.3 Å². The third kappa shape index (κ3) is 4.58. The third-order valence-corrected chi connectivity index (χ3v) is 6.57. The Bertz CT molecular complexity index is 990. The molecule has 0 spiro atoms. The Morgan fingerprint density at radius 1 is 1.00 bits per heavy atom. The fraction of sp³-hybridized carbons (Fsp3) is 0.217. The van der Waals surface area contributed by atoms with E-state index < -0.39 is 0 Å². The molecule has 0 radical (unpaired) electrons. The number of benzene rings is 3. The summed E-state index contributed by atoms with van der Waals surface area (Å²) in [6.07, 6.45) is 0. The average Bonchev–Trinajstić information content (AvgIpc) is 2.71. The van der Waals surface area contributed by atoms with Crippen LogP contribution in [0.1, 0.15) is 0 Å². The van der Waals surface area contributed by atoms with Gasteiger partial charge in [-0.25, -0.2) is 4.39 Å². The maximum absolute atomic E-state index is 13.3. The number of hydrogen-bond acceptors (Lipinski definition) is 3. The summed E-state index contributed by atoms with van der Waals surface area (Å²) in [4.78, 5) is 0. The van der Waals surface area contributed by atoms with Crippen LogP contribution in [0, 0.1) is 11.2 Å². The minimum absolute atomic E-state index is 0.131. The Labute approximate surface area is 183 Å². The van der Waals surface area contributed by atoms with Crippen molar-refractivity contribution in [2.45, 2.75) is 0 Å². The van der Waals surface area contributed by atoms with Crippen LogP contribution in [0.25, 0.3) is 11.1 Å². The lowest BCUT2D eigenvalue weighted by molar-refractivity contribution is -0.0885. The molecule has 0 amide bonds. The van der Waals surface area contributed by atoms with Gasteiger partial charge in [0.15, 0.2) is 0 Å². The van der Waals surface area contributed by atoms with E-state index in [4.69, 9.17) is 16.3 Å². The molecule has 0 atom stereocenters. The maximum Gasteiger partial charge on any atom is 0.124 e. The van der Waals surface area contributed by atoms with Gasteiger partial charge in [-0.1, -0.05) is 57.9 Å². The molecule has 3 nitrogen and oxygen atoms in total. The Balaban J connectivity index is 1.63. The largest absolute Gasteiger partial charge is 0.384 e. The first kappa shape index (κ1) is 20.2. The van der Waals surface area contributed by atoms with Crippen molar-refractivity contribution in [3.63, 3.8) is 0 Å². The van der Waals surface area contributed by atoms with Gasteiger partial charge < -0.3 is 15.4 Å². The van der Waals surface area contributed by atoms with Crippen molar-refractivity contribution in [2.24, 2.45) is 5.41 Å². The number of anilines is 3. The molecule has 0 saturated carbocycles. The van der Waals surface area contributed by atoms with Crippen molar-refractivity contribution in [3.05, 3.63) is 77.6 Å². The lowest BCUT2D eigenvalue weighted by Gasteiger charge is -2.40. The highest BCUT2D eigenvalue weighted by molar-refractivity contribution is 9.09. The normalized spacial score (nSPS) is 14.9. The number of ether oxygens (including phenoxy) is 1. The molecule has 0 aliphatic carbocycles. The quantitative estimate of drug-likeness (QED) is 0.372. The van der Waals surface area contributed by atoms with E-state index in [-0.39, 0.29) is 11.2 Å². The van der Waals surface area contributed by atoms with E-state index in [0.717, 1.165) is 47.6 Å². The number of rotatable bonds is 7. The van der Waals surface area contributed by atoms with Crippen molar-refractivity contribution in [2.75, 3.05) is 35.7 Å². The van der Waals surface area contributed by atoms with Crippen molar-refractivity contribution in [1.82, 2.24) is 0 Å². The molecule has 0 unspecified atom stereocenters. The van der Waals surface area contributed by atoms with Crippen LogP contribution in [0.5, 0.6) is 0 Å². The first-order chi connectivity index (χ1) is 14.1. The van der Waals surface area contributed by atoms with Crippen LogP contribution in [0.2, 0.25) is 5.02 Å². The second kappa shape index (κ2) is 8.74. The van der Waals surface area contributed by atoms with Crippen molar-refractivity contribution in [1.29, 1.82) is 0 Å². The molecule has 150 valence electrons. The Kier molecular flexibility index (Phi) is 6.09. The maximum atomic E-state index is 13.3. The zero-order valence-corrected chi connectivity index (χ0v) is 18.1. The highest BCUT2D eigenvalue weighted by Crippen LogP contribution is 2.35. The number of nitrogens with one attached hydrogen (secondary N) is 2. The molecule has 1 aliphatic heterocycles. The molecule has 29 heavy (non-hydrogen) atoms. The van der Waals surface area contributed by atoms with Crippen molar-refractivity contribution in [3.8, 4) is 11.1 Å². The van der Waals surface area contributed by atoms with Gasteiger partial charge in [-0.15, -0.1) is 0 Å². The number of hydrogen-bond donors (Lipinski definition) is 2. The van der Waals surface area contributed by atoms with Gasteiger partial charge in [-0.2, -0.15) is 0 Å². The summed E-state index contributed by atoms with van der Waals surface area (Å²) >= 11 is 9.79. The summed E-state index contributed by atoms with van der Waals surface area (Å²) in [6, 6.07) is 20.7. The van der Waals surface area contributed by atoms with Gasteiger partial charge in [-0.3, -0.25) is 0 Å². The summed E-state index contributed by atoms with van der Waals surface area (Å²) in [5.41, 5.74) is 4.93. The fourth-order valence-electron chi connectivity index (χ4n) is 3.28. The zero-order valence-electron chi connectivity index (χ0n) is 15.7. The van der Waals surface area contributed by atoms with E-state index in [9.17, 15) is 4.39 Å². The van der Waals surface area contributed by atoms with Crippen molar-refractivity contribution >= 4 is 44.6 Å². The van der Waals surface area contributed by atoms with Gasteiger partial charge in [0, 0.05) is 34.2 Å². The Morgan fingerprint density at radius 3 is 2.41 bits per heavy atom. The Morgan fingerprint density at radius 2 is 1.76 bits per heavy atom. The third-order valence-electron chi connectivity index (χ3n) is 5.07. The fourth-order valence-corrected chi connectivity index (χ4v) is 4.02. The predicted molar refractivity (Wildman–Crippen MR) is 122 cm³/mol. The zero-order chi connectivity index (χ0) is 20.3. The van der Waals surface area contributed by atoms with Crippen molar-refractivity contribution < 1.29 is 9.13 Å². The van der Waals surface area contributed by atoms with Gasteiger partial charge in [0.1, 0.15) is 5.82 Å². The molecule has 1 aliphatic rings. The van der Waals surface area contributed by atoms with E-state index in [0.29, 0.717) is 10.7 Å². The van der Waals surface area contributed by atoms with Gasteiger partial charge >= 0.3 is 0 Å². The van der Waals surface area contributed by atoms with E-state index in [1.165, 1.54) is 12.1 Å². The lowest BCUT2D eigenvalue weighted by atomic mass is 9.88. The first-order valence-electron chi connectivity index (χ1n) is 9.38. The molecule has 0 bridgehead atoms. The SMILES string of the molecule is Fc1ccc(Nc2ccc(NCC3(CBr)COC3)c(-c3ccccc3)c2)c(Cl)c1. The van der Waals surface area contributed by atoms with Crippen LogP contribution in [0.15, 0.2) is 66.7 Å². The van der Waals surface area contributed by atoms with E-state index in [1.54, 1.807) is 6.07 Å². The molecule has 0 aromatic heterocycles. The standard InChI is InChI=1S/C23H21BrClFN2O/c24-12-23(14-29-15-23)13-27-21-9-7-18(11-19(21)16-4-2-1-3-5-16)28-22-8-6-17(26)10-20(22)25/h1-11,27-28H,12-15H2. The molecule has 1 heterocycles. The van der Waals surface area contributed by atoms with Gasteiger partial charge in [0.2, 0.25) is 0 Å². The summed E-state index contributed by atoms with van der Waals surface area (Å²) in [5.74, 6) is -0.356. The van der Waals surface area contributed by atoms with Gasteiger partial charge in [-0.05, 0) is 42.0 Å². The van der Waals surface area contributed by atoms with Crippen LogP contribution in [-0.2, 0) is 4.74 Å². The molecule has 2 N–H and O–H groups in total. The molecule has 6 heteroatoms. The highest BCUT2D eigenvalue weighted by Gasteiger charge is 2.37. The van der Waals surface area contributed by atoms with Crippen LogP contribution >= 0.6 is 27.5 Å². The molecular formula is C23H21BrClFN2O. The topological polar surface area (TPSA) is 33.3 Å². The summed E-state index contributed by atoms with van der Waals surface area (Å²) < 4.78 is 18.8. The minimum Gasteiger partial charge on any atom is -0.384 e. The Hall–Kier alpha value is -2.08. The van der Waals surface area contributed by atoms with Gasteiger partial charge in [0.05, 0.1) is 23.9 Å².